The zero-order valence-electron chi connectivity index (χ0n) is 19.0. The highest BCUT2D eigenvalue weighted by Crippen LogP contribution is 2.35. The molecular formula is C27H23FN4O3. The van der Waals surface area contributed by atoms with E-state index in [0.717, 1.165) is 0 Å². The minimum Gasteiger partial charge on any atom is -0.493 e. The second-order valence-electron chi connectivity index (χ2n) is 7.47. The van der Waals surface area contributed by atoms with Gasteiger partial charge in [0.15, 0.2) is 0 Å². The number of ether oxygens (including phenoxy) is 1. The van der Waals surface area contributed by atoms with E-state index in [1.54, 1.807) is 48.5 Å². The van der Waals surface area contributed by atoms with Crippen LogP contribution in [0.25, 0.3) is 0 Å². The number of anilines is 2. The molecule has 0 radical (unpaired) electrons. The molecule has 0 aliphatic rings. The van der Waals surface area contributed by atoms with Gasteiger partial charge in [-0.25, -0.2) is 9.37 Å². The minimum atomic E-state index is -1.14. The van der Waals surface area contributed by atoms with Crippen molar-refractivity contribution >= 4 is 23.2 Å². The average molecular weight is 471 g/mol. The van der Waals surface area contributed by atoms with Crippen molar-refractivity contribution in [3.05, 3.63) is 115 Å². The van der Waals surface area contributed by atoms with Gasteiger partial charge in [-0.1, -0.05) is 36.4 Å². The average Bonchev–Trinajstić information content (AvgIpc) is 2.90. The van der Waals surface area contributed by atoms with E-state index in [0.29, 0.717) is 29.3 Å². The maximum atomic E-state index is 13.8. The first-order chi connectivity index (χ1) is 17.1. The standard InChI is InChI=1S/C27H23FN4O3/c1-2-35-24-11-7-6-10-22(24)25(26(33)31-20-14-12-19(28)13-15-20)32(21-8-4-3-5-9-21)27(34)23-18-29-16-17-30-23/h3-18,25H,2H2,1H3,(H,31,33). The van der Waals surface area contributed by atoms with E-state index >= 15 is 0 Å². The van der Waals surface area contributed by atoms with Gasteiger partial charge in [-0.3, -0.25) is 19.5 Å². The van der Waals surface area contributed by atoms with Crippen LogP contribution in [0, 0.1) is 5.82 Å². The topological polar surface area (TPSA) is 84.4 Å². The quantitative estimate of drug-likeness (QED) is 0.390. The highest BCUT2D eigenvalue weighted by Gasteiger charge is 2.36. The highest BCUT2D eigenvalue weighted by atomic mass is 19.1. The molecule has 0 saturated carbocycles. The number of para-hydroxylation sites is 2. The van der Waals surface area contributed by atoms with Crippen molar-refractivity contribution in [1.29, 1.82) is 0 Å². The lowest BCUT2D eigenvalue weighted by molar-refractivity contribution is -0.117. The molecule has 0 aliphatic heterocycles. The summed E-state index contributed by atoms with van der Waals surface area (Å²) in [7, 11) is 0. The molecule has 8 heteroatoms. The number of rotatable bonds is 8. The van der Waals surface area contributed by atoms with Gasteiger partial charge in [0.05, 0.1) is 12.8 Å². The second-order valence-corrected chi connectivity index (χ2v) is 7.47. The van der Waals surface area contributed by atoms with E-state index in [4.69, 9.17) is 4.74 Å². The van der Waals surface area contributed by atoms with Crippen LogP contribution < -0.4 is 15.0 Å². The van der Waals surface area contributed by atoms with E-state index in [-0.39, 0.29) is 5.69 Å². The SMILES string of the molecule is CCOc1ccccc1C(C(=O)Nc1ccc(F)cc1)N(C(=O)c1cnccn1)c1ccccc1. The molecule has 0 aliphatic carbocycles. The molecule has 4 rings (SSSR count). The third-order valence-corrected chi connectivity index (χ3v) is 5.17. The van der Waals surface area contributed by atoms with E-state index in [1.165, 1.54) is 47.8 Å². The number of halogens is 1. The van der Waals surface area contributed by atoms with Crippen LogP contribution in [0.4, 0.5) is 15.8 Å². The second kappa shape index (κ2) is 11.0. The molecular weight excluding hydrogens is 447 g/mol. The van der Waals surface area contributed by atoms with Gasteiger partial charge in [-0.2, -0.15) is 0 Å². The fourth-order valence-electron chi connectivity index (χ4n) is 3.64. The number of aromatic nitrogens is 2. The number of nitrogens with zero attached hydrogens (tertiary/aromatic N) is 3. The van der Waals surface area contributed by atoms with Crippen molar-refractivity contribution in [3.63, 3.8) is 0 Å². The Labute approximate surface area is 202 Å². The zero-order chi connectivity index (χ0) is 24.6. The zero-order valence-corrected chi connectivity index (χ0v) is 19.0. The Balaban J connectivity index is 1.87. The van der Waals surface area contributed by atoms with Crippen LogP contribution in [0.15, 0.2) is 97.5 Å². The van der Waals surface area contributed by atoms with Gasteiger partial charge < -0.3 is 10.1 Å². The molecule has 1 atom stereocenters. The number of benzene rings is 3. The fourth-order valence-corrected chi connectivity index (χ4v) is 3.64. The molecule has 0 spiro atoms. The van der Waals surface area contributed by atoms with E-state index in [2.05, 4.69) is 15.3 Å². The lowest BCUT2D eigenvalue weighted by atomic mass is 10.0. The molecule has 1 heterocycles. The molecule has 1 unspecified atom stereocenters. The third-order valence-electron chi connectivity index (χ3n) is 5.17. The lowest BCUT2D eigenvalue weighted by Crippen LogP contribution is -2.42. The van der Waals surface area contributed by atoms with Crippen molar-refractivity contribution in [1.82, 2.24) is 9.97 Å². The summed E-state index contributed by atoms with van der Waals surface area (Å²) in [5.41, 5.74) is 1.42. The van der Waals surface area contributed by atoms with E-state index < -0.39 is 23.7 Å². The Morgan fingerprint density at radius 2 is 1.69 bits per heavy atom. The first-order valence-electron chi connectivity index (χ1n) is 11.0. The molecule has 7 nitrogen and oxygen atoms in total. The van der Waals surface area contributed by atoms with Gasteiger partial charge in [-0.05, 0) is 49.4 Å². The molecule has 1 N–H and O–H groups in total. The Bertz CT molecular complexity index is 1280. The summed E-state index contributed by atoms with van der Waals surface area (Å²) in [6.07, 6.45) is 4.23. The van der Waals surface area contributed by atoms with Gasteiger partial charge >= 0.3 is 0 Å². The summed E-state index contributed by atoms with van der Waals surface area (Å²) >= 11 is 0. The Hall–Kier alpha value is -4.59. The number of hydrogen-bond donors (Lipinski definition) is 1. The van der Waals surface area contributed by atoms with Crippen LogP contribution >= 0.6 is 0 Å². The summed E-state index contributed by atoms with van der Waals surface area (Å²) in [5.74, 6) is -0.994. The molecule has 0 fully saturated rings. The predicted molar refractivity (Wildman–Crippen MR) is 131 cm³/mol. The van der Waals surface area contributed by atoms with Crippen LogP contribution in [0.2, 0.25) is 0 Å². The largest absolute Gasteiger partial charge is 0.493 e. The summed E-state index contributed by atoms with van der Waals surface area (Å²) in [5, 5.41) is 2.80. The molecule has 3 aromatic carbocycles. The Morgan fingerprint density at radius 3 is 2.37 bits per heavy atom. The summed E-state index contributed by atoms with van der Waals surface area (Å²) in [6.45, 7) is 2.21. The monoisotopic (exact) mass is 470 g/mol. The number of carbonyl (C=O) groups excluding carboxylic acids is 2. The summed E-state index contributed by atoms with van der Waals surface area (Å²) < 4.78 is 19.2. The minimum absolute atomic E-state index is 0.0739. The van der Waals surface area contributed by atoms with Gasteiger partial charge in [-0.15, -0.1) is 0 Å². The maximum absolute atomic E-state index is 13.8. The molecule has 4 aromatic rings. The van der Waals surface area contributed by atoms with E-state index in [1.807, 2.05) is 13.0 Å². The molecule has 176 valence electrons. The molecule has 0 saturated heterocycles. The summed E-state index contributed by atoms with van der Waals surface area (Å²) in [6, 6.07) is 20.1. The normalized spacial score (nSPS) is 11.4. The molecule has 2 amide bonds. The highest BCUT2D eigenvalue weighted by molar-refractivity contribution is 6.11. The van der Waals surface area contributed by atoms with Crippen molar-refractivity contribution in [2.24, 2.45) is 0 Å². The van der Waals surface area contributed by atoms with Crippen LogP contribution in [-0.4, -0.2) is 28.4 Å². The van der Waals surface area contributed by atoms with Crippen molar-refractivity contribution in [2.45, 2.75) is 13.0 Å². The number of carbonyl (C=O) groups is 2. The third kappa shape index (κ3) is 5.50. The summed E-state index contributed by atoms with van der Waals surface area (Å²) in [4.78, 5) is 37.1. The van der Waals surface area contributed by atoms with Crippen molar-refractivity contribution in [3.8, 4) is 5.75 Å². The maximum Gasteiger partial charge on any atom is 0.279 e. The van der Waals surface area contributed by atoms with Gasteiger partial charge in [0.2, 0.25) is 0 Å². The molecule has 35 heavy (non-hydrogen) atoms. The van der Waals surface area contributed by atoms with Crippen molar-refractivity contribution in [2.75, 3.05) is 16.8 Å². The van der Waals surface area contributed by atoms with Crippen molar-refractivity contribution < 1.29 is 18.7 Å². The van der Waals surface area contributed by atoms with Crippen LogP contribution in [0.5, 0.6) is 5.75 Å². The van der Waals surface area contributed by atoms with E-state index in [9.17, 15) is 14.0 Å². The predicted octanol–water partition coefficient (Wildman–Crippen LogP) is 5.04. The van der Waals surface area contributed by atoms with Gasteiger partial charge in [0, 0.05) is 29.3 Å². The smallest absolute Gasteiger partial charge is 0.279 e. The first-order valence-corrected chi connectivity index (χ1v) is 11.0. The Kier molecular flexibility index (Phi) is 7.42. The van der Waals surface area contributed by atoms with Gasteiger partial charge in [0.1, 0.15) is 23.3 Å². The van der Waals surface area contributed by atoms with Crippen LogP contribution in [0.1, 0.15) is 29.0 Å². The van der Waals surface area contributed by atoms with Crippen LogP contribution in [0.3, 0.4) is 0 Å². The lowest BCUT2D eigenvalue weighted by Gasteiger charge is -2.32. The first kappa shape index (κ1) is 23.6. The number of nitrogens with one attached hydrogen (secondary N) is 1. The molecule has 0 bridgehead atoms. The van der Waals surface area contributed by atoms with Crippen LogP contribution in [-0.2, 0) is 4.79 Å². The number of hydrogen-bond acceptors (Lipinski definition) is 5. The van der Waals surface area contributed by atoms with Gasteiger partial charge in [0.25, 0.3) is 11.8 Å². The Morgan fingerprint density at radius 1 is 0.971 bits per heavy atom. The number of amides is 2. The molecule has 1 aromatic heterocycles. The fraction of sp³-hybridized carbons (Fsp3) is 0.111.